The molecule has 3 aromatic carbocycles. The van der Waals surface area contributed by atoms with E-state index in [1.54, 1.807) is 30.3 Å². The Morgan fingerprint density at radius 3 is 2.07 bits per heavy atom. The molecule has 9 heteroatoms. The Balaban J connectivity index is 1.85. The minimum Gasteiger partial charge on any atom is -0.319 e. The lowest BCUT2D eigenvalue weighted by Crippen LogP contribution is -2.16. The first-order valence-electron chi connectivity index (χ1n) is 7.90. The largest absolute Gasteiger partial charge is 0.319 e. The maximum atomic E-state index is 12.6. The van der Waals surface area contributed by atoms with E-state index in [-0.39, 0.29) is 26.2 Å². The van der Waals surface area contributed by atoms with Gasteiger partial charge < -0.3 is 5.32 Å². The van der Waals surface area contributed by atoms with Gasteiger partial charge in [0.05, 0.1) is 20.6 Å². The van der Waals surface area contributed by atoms with Crippen molar-refractivity contribution in [2.24, 2.45) is 0 Å². The minimum absolute atomic E-state index is 0.0691. The van der Waals surface area contributed by atoms with Gasteiger partial charge in [-0.15, -0.1) is 0 Å². The topological polar surface area (TPSA) is 75.3 Å². The summed E-state index contributed by atoms with van der Waals surface area (Å²) in [5, 5.41) is 3.63. The van der Waals surface area contributed by atoms with Gasteiger partial charge in [0.2, 0.25) is 0 Å². The predicted molar refractivity (Wildman–Crippen MR) is 113 cm³/mol. The maximum absolute atomic E-state index is 12.6. The number of rotatable bonds is 5. The monoisotopic (exact) mass is 454 g/mol. The Kier molecular flexibility index (Phi) is 6.15. The quantitative estimate of drug-likeness (QED) is 0.518. The van der Waals surface area contributed by atoms with E-state index in [9.17, 15) is 13.2 Å². The van der Waals surface area contributed by atoms with Gasteiger partial charge in [0.15, 0.2) is 0 Å². The van der Waals surface area contributed by atoms with Gasteiger partial charge in [0, 0.05) is 16.3 Å². The number of hydrogen-bond acceptors (Lipinski definition) is 3. The Labute approximate surface area is 177 Å². The molecule has 5 nitrogen and oxygen atoms in total. The number of sulfonamides is 1. The molecule has 0 atom stereocenters. The van der Waals surface area contributed by atoms with Crippen LogP contribution < -0.4 is 10.0 Å². The highest BCUT2D eigenvalue weighted by Gasteiger charge is 2.18. The molecule has 0 bridgehead atoms. The molecule has 0 fully saturated rings. The van der Waals surface area contributed by atoms with E-state index < -0.39 is 15.9 Å². The Bertz CT molecular complexity index is 1110. The molecular weight excluding hydrogens is 443 g/mol. The molecule has 0 aliphatic heterocycles. The van der Waals surface area contributed by atoms with Gasteiger partial charge in [0.25, 0.3) is 15.9 Å². The van der Waals surface area contributed by atoms with Gasteiger partial charge in [-0.05, 0) is 54.6 Å². The fraction of sp³-hybridized carbons (Fsp3) is 0. The third kappa shape index (κ3) is 4.77. The van der Waals surface area contributed by atoms with Crippen molar-refractivity contribution in [3.8, 4) is 0 Å². The van der Waals surface area contributed by atoms with Crippen LogP contribution in [-0.4, -0.2) is 14.3 Å². The van der Waals surface area contributed by atoms with E-state index in [2.05, 4.69) is 10.0 Å². The molecule has 0 saturated carbocycles. The van der Waals surface area contributed by atoms with E-state index in [4.69, 9.17) is 34.8 Å². The number of nitrogens with one attached hydrogen (secondary N) is 2. The average molecular weight is 456 g/mol. The Morgan fingerprint density at radius 1 is 0.821 bits per heavy atom. The van der Waals surface area contributed by atoms with Crippen molar-refractivity contribution in [3.63, 3.8) is 0 Å². The van der Waals surface area contributed by atoms with Crippen molar-refractivity contribution in [1.82, 2.24) is 0 Å². The Morgan fingerprint density at radius 2 is 1.43 bits per heavy atom. The number of amides is 1. The van der Waals surface area contributed by atoms with Gasteiger partial charge in [-0.3, -0.25) is 9.52 Å². The summed E-state index contributed by atoms with van der Waals surface area (Å²) in [5.74, 6) is -0.543. The number of carbonyl (C=O) groups is 1. The first-order chi connectivity index (χ1) is 13.3. The molecule has 28 heavy (non-hydrogen) atoms. The summed E-state index contributed by atoms with van der Waals surface area (Å²) in [6.07, 6.45) is 0. The van der Waals surface area contributed by atoms with E-state index in [1.165, 1.54) is 36.4 Å². The van der Waals surface area contributed by atoms with Crippen LogP contribution in [0, 0.1) is 0 Å². The Hall–Kier alpha value is -2.25. The number of benzene rings is 3. The van der Waals surface area contributed by atoms with Crippen LogP contribution in [0.4, 0.5) is 11.4 Å². The van der Waals surface area contributed by atoms with E-state index in [1.807, 2.05) is 0 Å². The highest BCUT2D eigenvalue weighted by molar-refractivity contribution is 7.92. The second-order valence-electron chi connectivity index (χ2n) is 5.69. The first kappa shape index (κ1) is 20.5. The van der Waals surface area contributed by atoms with Crippen molar-refractivity contribution < 1.29 is 13.2 Å². The molecule has 0 heterocycles. The zero-order valence-corrected chi connectivity index (χ0v) is 17.2. The third-order valence-corrected chi connectivity index (χ3v) is 5.97. The summed E-state index contributed by atoms with van der Waals surface area (Å²) >= 11 is 17.9. The number of halogens is 3. The molecular formula is C19H13Cl3N2O3S. The molecule has 3 rings (SSSR count). The van der Waals surface area contributed by atoms with Crippen LogP contribution in [0.1, 0.15) is 10.4 Å². The van der Waals surface area contributed by atoms with Crippen LogP contribution in [0.25, 0.3) is 0 Å². The molecule has 2 N–H and O–H groups in total. The summed E-state index contributed by atoms with van der Waals surface area (Å²) in [4.78, 5) is 12.5. The van der Waals surface area contributed by atoms with Crippen LogP contribution in [0.15, 0.2) is 71.6 Å². The molecule has 144 valence electrons. The fourth-order valence-electron chi connectivity index (χ4n) is 2.34. The van der Waals surface area contributed by atoms with Crippen molar-refractivity contribution in [2.75, 3.05) is 10.0 Å². The third-order valence-electron chi connectivity index (χ3n) is 3.70. The predicted octanol–water partition coefficient (Wildman–Crippen LogP) is 5.70. The van der Waals surface area contributed by atoms with E-state index in [0.29, 0.717) is 10.7 Å². The molecule has 0 aromatic heterocycles. The van der Waals surface area contributed by atoms with Crippen LogP contribution in [0.2, 0.25) is 15.1 Å². The summed E-state index contributed by atoms with van der Waals surface area (Å²) in [5.41, 5.74) is 0.737. The number of carbonyl (C=O) groups excluding carboxylic acids is 1. The lowest BCUT2D eigenvalue weighted by molar-refractivity contribution is 0.102. The average Bonchev–Trinajstić information content (AvgIpc) is 2.66. The molecule has 0 aliphatic carbocycles. The second-order valence-corrected chi connectivity index (χ2v) is 8.62. The van der Waals surface area contributed by atoms with Crippen LogP contribution in [0.5, 0.6) is 0 Å². The van der Waals surface area contributed by atoms with Crippen LogP contribution in [0.3, 0.4) is 0 Å². The molecule has 0 unspecified atom stereocenters. The van der Waals surface area contributed by atoms with Gasteiger partial charge in [-0.1, -0.05) is 46.9 Å². The highest BCUT2D eigenvalue weighted by Crippen LogP contribution is 2.30. The van der Waals surface area contributed by atoms with Crippen LogP contribution in [-0.2, 0) is 10.0 Å². The molecule has 0 aliphatic rings. The smallest absolute Gasteiger partial charge is 0.261 e. The summed E-state index contributed by atoms with van der Waals surface area (Å²) in [6.45, 7) is 0. The zero-order chi connectivity index (χ0) is 20.3. The molecule has 0 spiro atoms. The SMILES string of the molecule is O=C(Nc1c(Cl)cccc1Cl)c1cccc(S(=O)(=O)Nc2ccc(Cl)cc2)c1. The number of anilines is 2. The summed E-state index contributed by atoms with van der Waals surface area (Å²) < 4.78 is 27.7. The van der Waals surface area contributed by atoms with Crippen molar-refractivity contribution >= 4 is 62.1 Å². The normalized spacial score (nSPS) is 11.1. The van der Waals surface area contributed by atoms with Gasteiger partial charge in [-0.25, -0.2) is 8.42 Å². The van der Waals surface area contributed by atoms with Gasteiger partial charge in [-0.2, -0.15) is 0 Å². The molecule has 0 radical (unpaired) electrons. The second kappa shape index (κ2) is 8.41. The lowest BCUT2D eigenvalue weighted by atomic mass is 10.2. The zero-order valence-electron chi connectivity index (χ0n) is 14.1. The number of hydrogen-bond donors (Lipinski definition) is 2. The molecule has 1 amide bonds. The fourth-order valence-corrected chi connectivity index (χ4v) is 4.06. The van der Waals surface area contributed by atoms with Crippen molar-refractivity contribution in [2.45, 2.75) is 4.90 Å². The van der Waals surface area contributed by atoms with Gasteiger partial charge >= 0.3 is 0 Å². The standard InChI is InChI=1S/C19H13Cl3N2O3S/c20-13-7-9-14(10-8-13)24-28(26,27)15-4-1-3-12(11-15)19(25)23-18-16(21)5-2-6-17(18)22/h1-11,24H,(H,23,25). The van der Waals surface area contributed by atoms with Crippen molar-refractivity contribution in [1.29, 1.82) is 0 Å². The summed E-state index contributed by atoms with van der Waals surface area (Å²) in [6, 6.07) is 16.6. The van der Waals surface area contributed by atoms with E-state index >= 15 is 0 Å². The summed E-state index contributed by atoms with van der Waals surface area (Å²) in [7, 11) is -3.90. The maximum Gasteiger partial charge on any atom is 0.261 e. The van der Waals surface area contributed by atoms with Crippen molar-refractivity contribution in [3.05, 3.63) is 87.4 Å². The van der Waals surface area contributed by atoms with E-state index in [0.717, 1.165) is 0 Å². The first-order valence-corrected chi connectivity index (χ1v) is 10.5. The number of para-hydroxylation sites is 1. The highest BCUT2D eigenvalue weighted by atomic mass is 35.5. The molecule has 0 saturated heterocycles. The van der Waals surface area contributed by atoms with Crippen LogP contribution >= 0.6 is 34.8 Å². The molecule has 3 aromatic rings. The minimum atomic E-state index is -3.90. The lowest BCUT2D eigenvalue weighted by Gasteiger charge is -2.11. The van der Waals surface area contributed by atoms with Gasteiger partial charge in [0.1, 0.15) is 0 Å².